The van der Waals surface area contributed by atoms with Crippen LogP contribution in [0.3, 0.4) is 0 Å². The van der Waals surface area contributed by atoms with Crippen LogP contribution in [0.2, 0.25) is 0 Å². The summed E-state index contributed by atoms with van der Waals surface area (Å²) in [4.78, 5) is 16.5. The van der Waals surface area contributed by atoms with Crippen molar-refractivity contribution in [3.05, 3.63) is 59.5 Å². The van der Waals surface area contributed by atoms with Gasteiger partial charge in [0.1, 0.15) is 11.3 Å². The molecule has 6 nitrogen and oxygen atoms in total. The van der Waals surface area contributed by atoms with Crippen molar-refractivity contribution in [2.75, 3.05) is 7.11 Å². The standard InChI is InChI=1S/C17H13N3O3/c1-22-12-6-7-15-14(8-12)20-16(23-15)10-19-17(21)13-5-3-2-4-11(13)9-18/h2-8H,10H2,1H3,(H,19,21). The molecule has 2 aromatic carbocycles. The van der Waals surface area contributed by atoms with Gasteiger partial charge in [-0.2, -0.15) is 5.26 Å². The molecule has 0 radical (unpaired) electrons. The van der Waals surface area contributed by atoms with Crippen LogP contribution in [0.15, 0.2) is 46.9 Å². The SMILES string of the molecule is COc1ccc2oc(CNC(=O)c3ccccc3C#N)nc2c1. The van der Waals surface area contributed by atoms with Crippen LogP contribution in [0, 0.1) is 11.3 Å². The molecule has 0 saturated carbocycles. The number of carbonyl (C=O) groups excluding carboxylic acids is 1. The number of nitrogens with zero attached hydrogens (tertiary/aromatic N) is 2. The lowest BCUT2D eigenvalue weighted by atomic mass is 10.1. The maximum Gasteiger partial charge on any atom is 0.253 e. The number of rotatable bonds is 4. The number of carbonyl (C=O) groups is 1. The third-order valence-corrected chi connectivity index (χ3v) is 3.33. The van der Waals surface area contributed by atoms with Crippen LogP contribution in [0.4, 0.5) is 0 Å². The molecule has 0 fully saturated rings. The number of amides is 1. The van der Waals surface area contributed by atoms with Crippen LogP contribution in [0.25, 0.3) is 11.1 Å². The average Bonchev–Trinajstić information content (AvgIpc) is 3.01. The van der Waals surface area contributed by atoms with E-state index < -0.39 is 0 Å². The maximum atomic E-state index is 12.2. The second kappa shape index (κ2) is 6.20. The molecule has 114 valence electrons. The first-order valence-corrected chi connectivity index (χ1v) is 6.92. The van der Waals surface area contributed by atoms with Gasteiger partial charge in [-0.25, -0.2) is 4.98 Å². The first-order valence-electron chi connectivity index (χ1n) is 6.92. The topological polar surface area (TPSA) is 88.1 Å². The van der Waals surface area contributed by atoms with Crippen molar-refractivity contribution < 1.29 is 13.9 Å². The van der Waals surface area contributed by atoms with Crippen LogP contribution in [-0.4, -0.2) is 18.0 Å². The fourth-order valence-electron chi connectivity index (χ4n) is 2.19. The molecule has 3 aromatic rings. The number of nitrogens with one attached hydrogen (secondary N) is 1. The summed E-state index contributed by atoms with van der Waals surface area (Å²) >= 11 is 0. The highest BCUT2D eigenvalue weighted by atomic mass is 16.5. The quantitative estimate of drug-likeness (QED) is 0.800. The minimum Gasteiger partial charge on any atom is -0.497 e. The first-order chi connectivity index (χ1) is 11.2. The Morgan fingerprint density at radius 3 is 2.96 bits per heavy atom. The third-order valence-electron chi connectivity index (χ3n) is 3.33. The Hall–Kier alpha value is -3.33. The monoisotopic (exact) mass is 307 g/mol. The van der Waals surface area contributed by atoms with Crippen LogP contribution in [0.1, 0.15) is 21.8 Å². The van der Waals surface area contributed by atoms with E-state index in [9.17, 15) is 4.79 Å². The zero-order valence-corrected chi connectivity index (χ0v) is 12.4. The van der Waals surface area contributed by atoms with Crippen molar-refractivity contribution in [2.24, 2.45) is 0 Å². The molecule has 1 amide bonds. The second-order valence-corrected chi connectivity index (χ2v) is 4.78. The van der Waals surface area contributed by atoms with Gasteiger partial charge >= 0.3 is 0 Å². The molecule has 0 aliphatic heterocycles. The van der Waals surface area contributed by atoms with Crippen LogP contribution in [0.5, 0.6) is 5.75 Å². The number of hydrogen-bond donors (Lipinski definition) is 1. The highest BCUT2D eigenvalue weighted by Gasteiger charge is 2.12. The van der Waals surface area contributed by atoms with E-state index in [1.54, 1.807) is 49.6 Å². The Kier molecular flexibility index (Phi) is 3.93. The largest absolute Gasteiger partial charge is 0.497 e. The van der Waals surface area contributed by atoms with Gasteiger partial charge in [0.15, 0.2) is 5.58 Å². The zero-order chi connectivity index (χ0) is 16.2. The Morgan fingerprint density at radius 1 is 1.35 bits per heavy atom. The minimum absolute atomic E-state index is 0.135. The zero-order valence-electron chi connectivity index (χ0n) is 12.4. The predicted octanol–water partition coefficient (Wildman–Crippen LogP) is 2.64. The summed E-state index contributed by atoms with van der Waals surface area (Å²) in [5, 5.41) is 11.7. The lowest BCUT2D eigenvalue weighted by Gasteiger charge is -2.03. The van der Waals surface area contributed by atoms with Crippen molar-refractivity contribution in [3.63, 3.8) is 0 Å². The van der Waals surface area contributed by atoms with Gasteiger partial charge in [-0.1, -0.05) is 12.1 Å². The predicted molar refractivity (Wildman–Crippen MR) is 82.9 cm³/mol. The van der Waals surface area contributed by atoms with Gasteiger partial charge < -0.3 is 14.5 Å². The summed E-state index contributed by atoms with van der Waals surface area (Å²) in [5.41, 5.74) is 1.93. The fraction of sp³-hybridized carbons (Fsp3) is 0.118. The number of nitriles is 1. The Bertz CT molecular complexity index is 909. The van der Waals surface area contributed by atoms with Gasteiger partial charge in [0.25, 0.3) is 5.91 Å². The van der Waals surface area contributed by atoms with E-state index in [1.807, 2.05) is 6.07 Å². The van der Waals surface area contributed by atoms with E-state index in [4.69, 9.17) is 14.4 Å². The molecule has 0 aliphatic carbocycles. The molecule has 0 aliphatic rings. The highest BCUT2D eigenvalue weighted by Crippen LogP contribution is 2.21. The Balaban J connectivity index is 1.75. The smallest absolute Gasteiger partial charge is 0.253 e. The average molecular weight is 307 g/mol. The minimum atomic E-state index is -0.345. The first kappa shape index (κ1) is 14.6. The number of hydrogen-bond acceptors (Lipinski definition) is 5. The van der Waals surface area contributed by atoms with Crippen molar-refractivity contribution in [2.45, 2.75) is 6.54 Å². The molecule has 23 heavy (non-hydrogen) atoms. The van der Waals surface area contributed by atoms with Crippen molar-refractivity contribution in [1.82, 2.24) is 10.3 Å². The van der Waals surface area contributed by atoms with Gasteiger partial charge in [0, 0.05) is 6.07 Å². The van der Waals surface area contributed by atoms with E-state index >= 15 is 0 Å². The molecule has 0 spiro atoms. The maximum absolute atomic E-state index is 12.2. The Labute approximate surface area is 132 Å². The number of methoxy groups -OCH3 is 1. The highest BCUT2D eigenvalue weighted by molar-refractivity contribution is 5.96. The molecular weight excluding hydrogens is 294 g/mol. The van der Waals surface area contributed by atoms with E-state index in [2.05, 4.69) is 10.3 Å². The van der Waals surface area contributed by atoms with Gasteiger partial charge in [-0.15, -0.1) is 0 Å². The molecule has 0 bridgehead atoms. The number of oxazole rings is 1. The number of aromatic nitrogens is 1. The van der Waals surface area contributed by atoms with Crippen LogP contribution in [-0.2, 0) is 6.54 Å². The second-order valence-electron chi connectivity index (χ2n) is 4.78. The Morgan fingerprint density at radius 2 is 2.17 bits per heavy atom. The number of ether oxygens (including phenoxy) is 1. The lowest BCUT2D eigenvalue weighted by molar-refractivity contribution is 0.0947. The van der Waals surface area contributed by atoms with E-state index in [-0.39, 0.29) is 12.5 Å². The molecule has 3 rings (SSSR count). The normalized spacial score (nSPS) is 10.3. The molecule has 1 heterocycles. The van der Waals surface area contributed by atoms with Gasteiger partial charge in [-0.3, -0.25) is 4.79 Å². The number of fused-ring (bicyclic) bond motifs is 1. The summed E-state index contributed by atoms with van der Waals surface area (Å²) < 4.78 is 10.7. The van der Waals surface area contributed by atoms with Crippen LogP contribution < -0.4 is 10.1 Å². The summed E-state index contributed by atoms with van der Waals surface area (Å²) in [6, 6.07) is 13.9. The molecule has 0 unspecified atom stereocenters. The fourth-order valence-corrected chi connectivity index (χ4v) is 2.19. The van der Waals surface area contributed by atoms with Crippen molar-refractivity contribution >= 4 is 17.0 Å². The molecule has 0 atom stereocenters. The molecule has 1 N–H and O–H groups in total. The lowest BCUT2D eigenvalue weighted by Crippen LogP contribution is -2.23. The summed E-state index contributed by atoms with van der Waals surface area (Å²) in [6.45, 7) is 0.135. The van der Waals surface area contributed by atoms with Crippen molar-refractivity contribution in [1.29, 1.82) is 5.26 Å². The van der Waals surface area contributed by atoms with Crippen LogP contribution >= 0.6 is 0 Å². The summed E-state index contributed by atoms with van der Waals surface area (Å²) in [7, 11) is 1.58. The van der Waals surface area contributed by atoms with E-state index in [1.165, 1.54) is 0 Å². The molecule has 1 aromatic heterocycles. The summed E-state index contributed by atoms with van der Waals surface area (Å²) in [5.74, 6) is 0.724. The van der Waals surface area contributed by atoms with Crippen molar-refractivity contribution in [3.8, 4) is 11.8 Å². The van der Waals surface area contributed by atoms with Gasteiger partial charge in [0.2, 0.25) is 5.89 Å². The molecule has 6 heteroatoms. The number of benzene rings is 2. The van der Waals surface area contributed by atoms with Gasteiger partial charge in [-0.05, 0) is 24.3 Å². The van der Waals surface area contributed by atoms with Gasteiger partial charge in [0.05, 0.1) is 30.9 Å². The summed E-state index contributed by atoms with van der Waals surface area (Å²) in [6.07, 6.45) is 0. The molecular formula is C17H13N3O3. The third kappa shape index (κ3) is 2.99. The van der Waals surface area contributed by atoms with E-state index in [0.29, 0.717) is 33.9 Å². The molecule has 0 saturated heterocycles. The van der Waals surface area contributed by atoms with E-state index in [0.717, 1.165) is 0 Å².